The molecule has 0 radical (unpaired) electrons. The normalized spacial score (nSPS) is 14.0. The van der Waals surface area contributed by atoms with E-state index in [2.05, 4.69) is 57.0 Å². The van der Waals surface area contributed by atoms with E-state index >= 15 is 0 Å². The van der Waals surface area contributed by atoms with Crippen molar-refractivity contribution in [3.8, 4) is 0 Å². The number of hydrogen-bond donors (Lipinski definition) is 1. The minimum atomic E-state index is 0.349. The highest BCUT2D eigenvalue weighted by atomic mass is 15.2. The lowest BCUT2D eigenvalue weighted by Crippen LogP contribution is -2.36. The van der Waals surface area contributed by atoms with E-state index in [1.807, 2.05) is 6.20 Å². The van der Waals surface area contributed by atoms with Crippen LogP contribution in [0.3, 0.4) is 0 Å². The van der Waals surface area contributed by atoms with Crippen molar-refractivity contribution >= 4 is 5.82 Å². The molecular formula is C18H33N3. The zero-order valence-electron chi connectivity index (χ0n) is 14.5. The molecule has 1 rings (SSSR count). The van der Waals surface area contributed by atoms with Gasteiger partial charge in [0.1, 0.15) is 5.82 Å². The Hall–Kier alpha value is -1.09. The fourth-order valence-electron chi connectivity index (χ4n) is 2.54. The van der Waals surface area contributed by atoms with E-state index in [4.69, 9.17) is 4.98 Å². The van der Waals surface area contributed by atoms with Gasteiger partial charge < -0.3 is 10.2 Å². The quantitative estimate of drug-likeness (QED) is 0.685. The van der Waals surface area contributed by atoms with Gasteiger partial charge in [-0.15, -0.1) is 0 Å². The molecule has 0 aliphatic heterocycles. The fraction of sp³-hybridized carbons (Fsp3) is 0.722. The smallest absolute Gasteiger partial charge is 0.133 e. The largest absolute Gasteiger partial charge is 0.354 e. The van der Waals surface area contributed by atoms with Crippen molar-refractivity contribution < 1.29 is 0 Å². The van der Waals surface area contributed by atoms with Gasteiger partial charge in [-0.25, -0.2) is 4.98 Å². The number of pyridine rings is 1. The third-order valence-corrected chi connectivity index (χ3v) is 4.13. The first-order chi connectivity index (χ1) is 10.2. The minimum absolute atomic E-state index is 0.349. The maximum atomic E-state index is 4.72. The molecule has 1 heterocycles. The van der Waals surface area contributed by atoms with Gasteiger partial charge in [-0.3, -0.25) is 0 Å². The van der Waals surface area contributed by atoms with Gasteiger partial charge in [0.25, 0.3) is 0 Å². The number of nitrogens with one attached hydrogen (secondary N) is 1. The Balaban J connectivity index is 3.00. The van der Waals surface area contributed by atoms with E-state index in [-0.39, 0.29) is 0 Å². The van der Waals surface area contributed by atoms with Crippen molar-refractivity contribution in [1.29, 1.82) is 0 Å². The number of anilines is 1. The van der Waals surface area contributed by atoms with Crippen LogP contribution in [-0.4, -0.2) is 24.1 Å². The van der Waals surface area contributed by atoms with Crippen molar-refractivity contribution in [2.75, 3.05) is 18.0 Å². The summed E-state index contributed by atoms with van der Waals surface area (Å²) in [6.45, 7) is 13.4. The Morgan fingerprint density at radius 2 is 1.95 bits per heavy atom. The minimum Gasteiger partial charge on any atom is -0.354 e. The Labute approximate surface area is 131 Å². The molecule has 0 aliphatic carbocycles. The van der Waals surface area contributed by atoms with Crippen LogP contribution in [0, 0.1) is 0 Å². The number of unbranched alkanes of at least 4 members (excludes halogenated alkanes) is 1. The van der Waals surface area contributed by atoms with Crippen LogP contribution in [0.2, 0.25) is 0 Å². The van der Waals surface area contributed by atoms with Gasteiger partial charge in [-0.2, -0.15) is 0 Å². The molecule has 1 aromatic rings. The molecule has 21 heavy (non-hydrogen) atoms. The van der Waals surface area contributed by atoms with Crippen LogP contribution < -0.4 is 10.2 Å². The van der Waals surface area contributed by atoms with Gasteiger partial charge >= 0.3 is 0 Å². The Morgan fingerprint density at radius 1 is 1.19 bits per heavy atom. The average molecular weight is 291 g/mol. The highest BCUT2D eigenvalue weighted by Gasteiger charge is 2.19. The second-order valence-electron chi connectivity index (χ2n) is 5.90. The van der Waals surface area contributed by atoms with E-state index in [0.29, 0.717) is 12.1 Å². The summed E-state index contributed by atoms with van der Waals surface area (Å²) in [5.74, 6) is 1.16. The molecule has 0 amide bonds. The molecule has 0 saturated heterocycles. The van der Waals surface area contributed by atoms with E-state index in [1.165, 1.54) is 18.4 Å². The molecule has 1 N–H and O–H groups in total. The van der Waals surface area contributed by atoms with Gasteiger partial charge in [-0.05, 0) is 45.7 Å². The van der Waals surface area contributed by atoms with Gasteiger partial charge in [0.05, 0.1) is 0 Å². The molecule has 0 saturated carbocycles. The van der Waals surface area contributed by atoms with Crippen molar-refractivity contribution in [3.05, 3.63) is 23.9 Å². The summed E-state index contributed by atoms with van der Waals surface area (Å²) >= 11 is 0. The molecule has 1 aromatic heterocycles. The Bertz CT molecular complexity index is 392. The van der Waals surface area contributed by atoms with Crippen molar-refractivity contribution in [1.82, 2.24) is 10.3 Å². The van der Waals surface area contributed by atoms with E-state index in [1.54, 1.807) is 0 Å². The maximum Gasteiger partial charge on any atom is 0.133 e. The van der Waals surface area contributed by atoms with E-state index in [0.717, 1.165) is 31.7 Å². The van der Waals surface area contributed by atoms with E-state index in [9.17, 15) is 0 Å². The summed E-state index contributed by atoms with van der Waals surface area (Å²) in [6.07, 6.45) is 6.67. The molecule has 0 spiro atoms. The first-order valence-electron chi connectivity index (χ1n) is 8.60. The first-order valence-corrected chi connectivity index (χ1v) is 8.60. The van der Waals surface area contributed by atoms with Crippen molar-refractivity contribution in [2.45, 2.75) is 72.4 Å². The average Bonchev–Trinajstić information content (AvgIpc) is 2.53. The van der Waals surface area contributed by atoms with E-state index < -0.39 is 0 Å². The van der Waals surface area contributed by atoms with Crippen LogP contribution in [0.15, 0.2) is 18.3 Å². The second-order valence-corrected chi connectivity index (χ2v) is 5.90. The zero-order chi connectivity index (χ0) is 15.7. The first kappa shape index (κ1) is 18.0. The number of rotatable bonds is 10. The second kappa shape index (κ2) is 9.78. The predicted octanol–water partition coefficient (Wildman–Crippen LogP) is 4.55. The number of aromatic nitrogens is 1. The van der Waals surface area contributed by atoms with Gasteiger partial charge in [-0.1, -0.05) is 33.3 Å². The topological polar surface area (TPSA) is 28.2 Å². The molecule has 0 fully saturated rings. The van der Waals surface area contributed by atoms with Crippen LogP contribution in [0.25, 0.3) is 0 Å². The lowest BCUT2D eigenvalue weighted by Gasteiger charge is -2.32. The summed E-state index contributed by atoms with van der Waals surface area (Å²) in [7, 11) is 0. The maximum absolute atomic E-state index is 4.72. The molecule has 3 heteroatoms. The third kappa shape index (κ3) is 5.31. The predicted molar refractivity (Wildman–Crippen MR) is 93.0 cm³/mol. The molecular weight excluding hydrogens is 258 g/mol. The molecule has 0 aliphatic rings. The van der Waals surface area contributed by atoms with Gasteiger partial charge in [0.15, 0.2) is 0 Å². The summed E-state index contributed by atoms with van der Waals surface area (Å²) < 4.78 is 0. The Morgan fingerprint density at radius 3 is 2.57 bits per heavy atom. The highest BCUT2D eigenvalue weighted by Crippen LogP contribution is 2.26. The van der Waals surface area contributed by atoms with Crippen molar-refractivity contribution in [2.24, 2.45) is 0 Å². The van der Waals surface area contributed by atoms with Gasteiger partial charge in [0.2, 0.25) is 0 Å². The lowest BCUT2D eigenvalue weighted by atomic mass is 10.1. The Kier molecular flexibility index (Phi) is 8.36. The van der Waals surface area contributed by atoms with Crippen LogP contribution in [-0.2, 0) is 0 Å². The monoisotopic (exact) mass is 291 g/mol. The highest BCUT2D eigenvalue weighted by molar-refractivity contribution is 5.49. The number of nitrogens with zero attached hydrogens (tertiary/aromatic N) is 2. The van der Waals surface area contributed by atoms with Crippen LogP contribution in [0.1, 0.15) is 71.9 Å². The number of hydrogen-bond acceptors (Lipinski definition) is 3. The molecule has 3 nitrogen and oxygen atoms in total. The van der Waals surface area contributed by atoms with Crippen molar-refractivity contribution in [3.63, 3.8) is 0 Å². The molecule has 120 valence electrons. The molecule has 0 aromatic carbocycles. The summed E-state index contributed by atoms with van der Waals surface area (Å²) in [5, 5.41) is 3.59. The molecule has 2 atom stereocenters. The molecule has 2 unspecified atom stereocenters. The summed E-state index contributed by atoms with van der Waals surface area (Å²) in [6, 6.07) is 5.15. The lowest BCUT2D eigenvalue weighted by molar-refractivity contribution is 0.552. The summed E-state index contributed by atoms with van der Waals surface area (Å²) in [4.78, 5) is 7.21. The third-order valence-electron chi connectivity index (χ3n) is 4.13. The van der Waals surface area contributed by atoms with Crippen LogP contribution in [0.4, 0.5) is 5.82 Å². The fourth-order valence-corrected chi connectivity index (χ4v) is 2.54. The molecule has 0 bridgehead atoms. The van der Waals surface area contributed by atoms with Crippen LogP contribution in [0.5, 0.6) is 0 Å². The summed E-state index contributed by atoms with van der Waals surface area (Å²) in [5.41, 5.74) is 1.32. The van der Waals surface area contributed by atoms with Gasteiger partial charge in [0, 0.05) is 30.4 Å². The standard InChI is InChI=1S/C18H33N3/c1-6-9-14-21(15(4)8-3)18-17(11-10-13-20-18)16(5)19-12-7-2/h10-11,13,15-16,19H,6-9,12,14H2,1-5H3. The zero-order valence-corrected chi connectivity index (χ0v) is 14.5. The SMILES string of the molecule is CCCCN(c1ncccc1C(C)NCCC)C(C)CC. The van der Waals surface area contributed by atoms with Crippen LogP contribution >= 0.6 is 0 Å².